The molecule has 0 spiro atoms. The molecule has 10 rings (SSSR count). The Morgan fingerprint density at radius 2 is 0.808 bits per heavy atom. The van der Waals surface area contributed by atoms with E-state index in [1.165, 1.54) is 16.3 Å². The van der Waals surface area contributed by atoms with Gasteiger partial charge in [0, 0.05) is 27.8 Å². The van der Waals surface area contributed by atoms with E-state index in [-0.39, 0.29) is 0 Å². The molecule has 3 heterocycles. The van der Waals surface area contributed by atoms with Crippen LogP contribution in [0, 0.1) is 0 Å². The maximum absolute atomic E-state index is 6.03. The Balaban J connectivity index is 1.04. The van der Waals surface area contributed by atoms with Gasteiger partial charge in [-0.2, -0.15) is 0 Å². The third-order valence-corrected chi connectivity index (χ3v) is 9.41. The van der Waals surface area contributed by atoms with Gasteiger partial charge in [0.15, 0.2) is 17.0 Å². The minimum atomic E-state index is 0.585. The number of oxazole rings is 2. The first kappa shape index (κ1) is 29.7. The Morgan fingerprint density at radius 1 is 0.346 bits per heavy atom. The molecule has 0 N–H and O–H groups in total. The van der Waals surface area contributed by atoms with Crippen molar-refractivity contribution in [3.8, 4) is 67.9 Å². The topological polar surface area (TPSA) is 77.8 Å². The summed E-state index contributed by atoms with van der Waals surface area (Å²) in [6.07, 6.45) is 0. The summed E-state index contributed by atoms with van der Waals surface area (Å²) in [7, 11) is 0. The monoisotopic (exact) mass is 668 g/mol. The fourth-order valence-corrected chi connectivity index (χ4v) is 6.71. The summed E-state index contributed by atoms with van der Waals surface area (Å²) in [5, 5.41) is 2.44. The summed E-state index contributed by atoms with van der Waals surface area (Å²) in [6.45, 7) is 0. The van der Waals surface area contributed by atoms with E-state index in [0.717, 1.165) is 67.0 Å². The van der Waals surface area contributed by atoms with Crippen LogP contribution in [-0.4, -0.2) is 19.9 Å². The summed E-state index contributed by atoms with van der Waals surface area (Å²) in [6, 6.07) is 57.3. The van der Waals surface area contributed by atoms with Crippen molar-refractivity contribution in [1.82, 2.24) is 19.9 Å². The van der Waals surface area contributed by atoms with Gasteiger partial charge in [0.25, 0.3) is 0 Å². The quantitative estimate of drug-likeness (QED) is 0.175. The molecule has 0 fully saturated rings. The van der Waals surface area contributed by atoms with E-state index in [9.17, 15) is 0 Å². The van der Waals surface area contributed by atoms with Crippen molar-refractivity contribution in [1.29, 1.82) is 0 Å². The van der Waals surface area contributed by atoms with E-state index in [2.05, 4.69) is 101 Å². The van der Waals surface area contributed by atoms with Crippen molar-refractivity contribution in [2.75, 3.05) is 0 Å². The second-order valence-corrected chi connectivity index (χ2v) is 12.7. The van der Waals surface area contributed by atoms with E-state index in [0.29, 0.717) is 17.6 Å². The van der Waals surface area contributed by atoms with E-state index in [1.54, 1.807) is 0 Å². The molecule has 0 radical (unpaired) electrons. The Kier molecular flexibility index (Phi) is 7.03. The maximum atomic E-state index is 6.03. The van der Waals surface area contributed by atoms with Gasteiger partial charge in [0.1, 0.15) is 11.0 Å². The summed E-state index contributed by atoms with van der Waals surface area (Å²) < 4.78 is 12.1. The van der Waals surface area contributed by atoms with Gasteiger partial charge in [-0.05, 0) is 76.5 Å². The molecule has 0 saturated heterocycles. The lowest BCUT2D eigenvalue weighted by Gasteiger charge is -2.11. The standard InChI is InChI=1S/C46H28N4O2/c1-2-10-36-29(8-1)9-7-11-37(36)30-16-22-33(23-17-30)44-47-40(31-18-24-34(25-19-31)45-49-38-12-3-5-14-42(38)51-45)28-41(48-44)32-20-26-35(27-21-32)46-50-39-13-4-6-15-43(39)52-46/h1-28H. The van der Waals surface area contributed by atoms with Crippen LogP contribution in [0.15, 0.2) is 179 Å². The van der Waals surface area contributed by atoms with Crippen LogP contribution < -0.4 is 0 Å². The van der Waals surface area contributed by atoms with Gasteiger partial charge >= 0.3 is 0 Å². The Morgan fingerprint density at radius 3 is 1.38 bits per heavy atom. The summed E-state index contributed by atoms with van der Waals surface area (Å²) >= 11 is 0. The van der Waals surface area contributed by atoms with Crippen LogP contribution >= 0.6 is 0 Å². The average Bonchev–Trinajstić information content (AvgIpc) is 3.86. The molecular formula is C46H28N4O2. The number of rotatable bonds is 6. The van der Waals surface area contributed by atoms with Crippen LogP contribution in [0.3, 0.4) is 0 Å². The smallest absolute Gasteiger partial charge is 0.227 e. The Hall–Kier alpha value is -7.18. The fraction of sp³-hybridized carbons (Fsp3) is 0. The molecule has 244 valence electrons. The summed E-state index contributed by atoms with van der Waals surface area (Å²) in [4.78, 5) is 19.6. The molecule has 0 aliphatic rings. The predicted molar refractivity (Wildman–Crippen MR) is 207 cm³/mol. The van der Waals surface area contributed by atoms with Gasteiger partial charge < -0.3 is 8.83 Å². The normalized spacial score (nSPS) is 11.5. The van der Waals surface area contributed by atoms with Crippen molar-refractivity contribution in [2.24, 2.45) is 0 Å². The average molecular weight is 669 g/mol. The lowest BCUT2D eigenvalue weighted by atomic mass is 9.97. The highest BCUT2D eigenvalue weighted by molar-refractivity contribution is 5.96. The van der Waals surface area contributed by atoms with Gasteiger partial charge in [-0.15, -0.1) is 0 Å². The van der Waals surface area contributed by atoms with Crippen LogP contribution in [0.4, 0.5) is 0 Å². The molecule has 52 heavy (non-hydrogen) atoms. The highest BCUT2D eigenvalue weighted by atomic mass is 16.4. The van der Waals surface area contributed by atoms with E-state index >= 15 is 0 Å². The number of hydrogen-bond donors (Lipinski definition) is 0. The van der Waals surface area contributed by atoms with Gasteiger partial charge in [-0.1, -0.05) is 115 Å². The lowest BCUT2D eigenvalue weighted by molar-refractivity contribution is 0.619. The van der Waals surface area contributed by atoms with Crippen LogP contribution in [0.2, 0.25) is 0 Å². The number of para-hydroxylation sites is 4. The zero-order valence-corrected chi connectivity index (χ0v) is 27.8. The minimum Gasteiger partial charge on any atom is -0.436 e. The zero-order chi connectivity index (χ0) is 34.4. The van der Waals surface area contributed by atoms with Crippen molar-refractivity contribution < 1.29 is 8.83 Å². The summed E-state index contributed by atoms with van der Waals surface area (Å²) in [5.41, 5.74) is 11.8. The number of benzene rings is 7. The van der Waals surface area contributed by atoms with Gasteiger partial charge in [0.2, 0.25) is 11.8 Å². The molecule has 10 aromatic rings. The molecule has 0 saturated carbocycles. The third kappa shape index (κ3) is 5.39. The minimum absolute atomic E-state index is 0.585. The van der Waals surface area contributed by atoms with Crippen LogP contribution in [0.1, 0.15) is 0 Å². The molecule has 0 atom stereocenters. The highest BCUT2D eigenvalue weighted by Crippen LogP contribution is 2.34. The molecule has 0 unspecified atom stereocenters. The van der Waals surface area contributed by atoms with E-state index in [1.807, 2.05) is 78.9 Å². The number of hydrogen-bond acceptors (Lipinski definition) is 6. The fourth-order valence-electron chi connectivity index (χ4n) is 6.71. The lowest BCUT2D eigenvalue weighted by Crippen LogP contribution is -1.96. The van der Waals surface area contributed by atoms with Gasteiger partial charge in [-0.25, -0.2) is 19.9 Å². The van der Waals surface area contributed by atoms with Crippen molar-refractivity contribution in [2.45, 2.75) is 0 Å². The van der Waals surface area contributed by atoms with Crippen molar-refractivity contribution >= 4 is 33.0 Å². The predicted octanol–water partition coefficient (Wildman–Crippen LogP) is 11.9. The largest absolute Gasteiger partial charge is 0.436 e. The van der Waals surface area contributed by atoms with Crippen LogP contribution in [0.5, 0.6) is 0 Å². The number of aromatic nitrogens is 4. The number of fused-ring (bicyclic) bond motifs is 3. The molecule has 6 heteroatoms. The first-order valence-corrected chi connectivity index (χ1v) is 17.1. The van der Waals surface area contributed by atoms with Gasteiger partial charge in [-0.3, -0.25) is 0 Å². The van der Waals surface area contributed by atoms with Gasteiger partial charge in [0.05, 0.1) is 11.4 Å². The molecular weight excluding hydrogens is 641 g/mol. The van der Waals surface area contributed by atoms with Crippen LogP contribution in [-0.2, 0) is 0 Å². The molecule has 0 aliphatic heterocycles. The zero-order valence-electron chi connectivity index (χ0n) is 27.8. The van der Waals surface area contributed by atoms with Crippen molar-refractivity contribution in [3.05, 3.63) is 170 Å². The first-order valence-electron chi connectivity index (χ1n) is 17.1. The highest BCUT2D eigenvalue weighted by Gasteiger charge is 2.15. The first-order chi connectivity index (χ1) is 25.7. The molecule has 6 nitrogen and oxygen atoms in total. The summed E-state index contributed by atoms with van der Waals surface area (Å²) in [5.74, 6) is 1.81. The maximum Gasteiger partial charge on any atom is 0.227 e. The van der Waals surface area contributed by atoms with Crippen LogP contribution in [0.25, 0.3) is 101 Å². The molecule has 0 amide bonds. The molecule has 7 aromatic carbocycles. The SMILES string of the molecule is c1ccc2c(-c3ccc(-c4nc(-c5ccc(-c6nc7ccccc7o6)cc5)cc(-c5ccc(-c6nc7ccccc7o6)cc5)n4)cc3)cccc2c1. The molecule has 0 aliphatic carbocycles. The second kappa shape index (κ2) is 12.3. The molecule has 3 aromatic heterocycles. The number of nitrogens with zero attached hydrogens (tertiary/aromatic N) is 4. The Bertz CT molecular complexity index is 2680. The van der Waals surface area contributed by atoms with Crippen molar-refractivity contribution in [3.63, 3.8) is 0 Å². The van der Waals surface area contributed by atoms with E-state index < -0.39 is 0 Å². The second-order valence-electron chi connectivity index (χ2n) is 12.7. The molecule has 0 bridgehead atoms. The van der Waals surface area contributed by atoms with E-state index in [4.69, 9.17) is 18.8 Å². The Labute approximate surface area is 298 Å². The third-order valence-electron chi connectivity index (χ3n) is 9.41.